The van der Waals surface area contributed by atoms with E-state index in [0.717, 1.165) is 23.3 Å². The van der Waals surface area contributed by atoms with Gasteiger partial charge >= 0.3 is 0 Å². The molecule has 18 heavy (non-hydrogen) atoms. The minimum Gasteiger partial charge on any atom is -0.497 e. The number of halogens is 1. The number of hydrogen-bond donors (Lipinski definition) is 1. The van der Waals surface area contributed by atoms with E-state index in [1.54, 1.807) is 7.11 Å². The molecule has 2 rings (SSSR count). The Morgan fingerprint density at radius 1 is 1.39 bits per heavy atom. The Labute approximate surface area is 118 Å². The van der Waals surface area contributed by atoms with Crippen LogP contribution in [0.5, 0.6) is 5.75 Å². The van der Waals surface area contributed by atoms with Gasteiger partial charge < -0.3 is 10.1 Å². The monoisotopic (exact) mass is 311 g/mol. The lowest BCUT2D eigenvalue weighted by Crippen LogP contribution is -2.39. The van der Waals surface area contributed by atoms with Crippen LogP contribution in [0, 0.1) is 5.41 Å². The summed E-state index contributed by atoms with van der Waals surface area (Å²) in [5, 5.41) is 3.60. The standard InChI is InChI=1S/C15H22BrNO/c1-3-15(7-4-8-15)11-17-10-12-9-13(18-2)5-6-14(12)16/h5-6,9,17H,3-4,7-8,10-11H2,1-2H3. The van der Waals surface area contributed by atoms with Crippen LogP contribution in [0.3, 0.4) is 0 Å². The van der Waals surface area contributed by atoms with Gasteiger partial charge in [0.1, 0.15) is 5.75 Å². The Morgan fingerprint density at radius 3 is 2.72 bits per heavy atom. The first kappa shape index (κ1) is 13.9. The van der Waals surface area contributed by atoms with E-state index in [4.69, 9.17) is 4.74 Å². The van der Waals surface area contributed by atoms with Gasteiger partial charge in [-0.3, -0.25) is 0 Å². The smallest absolute Gasteiger partial charge is 0.119 e. The van der Waals surface area contributed by atoms with Crippen molar-refractivity contribution in [2.24, 2.45) is 5.41 Å². The fraction of sp³-hybridized carbons (Fsp3) is 0.600. The van der Waals surface area contributed by atoms with Gasteiger partial charge in [-0.15, -0.1) is 0 Å². The van der Waals surface area contributed by atoms with Crippen LogP contribution in [0.15, 0.2) is 22.7 Å². The normalized spacial score (nSPS) is 17.3. The van der Waals surface area contributed by atoms with Gasteiger partial charge in [0.15, 0.2) is 0 Å². The van der Waals surface area contributed by atoms with Crippen molar-refractivity contribution in [1.29, 1.82) is 0 Å². The van der Waals surface area contributed by atoms with Crippen LogP contribution < -0.4 is 10.1 Å². The summed E-state index contributed by atoms with van der Waals surface area (Å²) >= 11 is 3.59. The summed E-state index contributed by atoms with van der Waals surface area (Å²) in [6, 6.07) is 6.12. The Kier molecular flexibility index (Phi) is 4.68. The van der Waals surface area contributed by atoms with Crippen molar-refractivity contribution in [3.8, 4) is 5.75 Å². The van der Waals surface area contributed by atoms with E-state index in [0.29, 0.717) is 5.41 Å². The molecule has 0 heterocycles. The summed E-state index contributed by atoms with van der Waals surface area (Å²) in [5.41, 5.74) is 1.84. The molecule has 1 aliphatic carbocycles. The van der Waals surface area contributed by atoms with E-state index in [1.165, 1.54) is 31.2 Å². The third-order valence-electron chi connectivity index (χ3n) is 4.23. The zero-order chi connectivity index (χ0) is 13.0. The molecule has 0 saturated heterocycles. The van der Waals surface area contributed by atoms with Crippen LogP contribution in [0.1, 0.15) is 38.2 Å². The number of methoxy groups -OCH3 is 1. The second kappa shape index (κ2) is 6.07. The lowest BCUT2D eigenvalue weighted by molar-refractivity contribution is 0.124. The molecule has 0 radical (unpaired) electrons. The summed E-state index contributed by atoms with van der Waals surface area (Å²) in [6.07, 6.45) is 5.46. The minimum atomic E-state index is 0.575. The highest BCUT2D eigenvalue weighted by atomic mass is 79.9. The van der Waals surface area contributed by atoms with Crippen LogP contribution in [-0.4, -0.2) is 13.7 Å². The molecule has 1 saturated carbocycles. The van der Waals surface area contributed by atoms with E-state index < -0.39 is 0 Å². The molecule has 1 aliphatic rings. The van der Waals surface area contributed by atoms with Crippen molar-refractivity contribution in [2.75, 3.05) is 13.7 Å². The number of benzene rings is 1. The Hall–Kier alpha value is -0.540. The maximum absolute atomic E-state index is 5.26. The molecule has 1 aromatic carbocycles. The average Bonchev–Trinajstić information content (AvgIpc) is 2.35. The van der Waals surface area contributed by atoms with Gasteiger partial charge in [-0.25, -0.2) is 0 Å². The molecule has 1 N–H and O–H groups in total. The van der Waals surface area contributed by atoms with Crippen LogP contribution in [0.4, 0.5) is 0 Å². The molecule has 0 bridgehead atoms. The molecule has 0 spiro atoms. The summed E-state index contributed by atoms with van der Waals surface area (Å²) in [4.78, 5) is 0. The Morgan fingerprint density at radius 2 is 2.17 bits per heavy atom. The van der Waals surface area contributed by atoms with E-state index in [9.17, 15) is 0 Å². The molecule has 0 aliphatic heterocycles. The first-order valence-corrected chi connectivity index (χ1v) is 7.51. The van der Waals surface area contributed by atoms with Crippen LogP contribution >= 0.6 is 15.9 Å². The quantitative estimate of drug-likeness (QED) is 0.853. The molecule has 0 aromatic heterocycles. The van der Waals surface area contributed by atoms with Crippen LogP contribution in [0.25, 0.3) is 0 Å². The molecule has 1 fully saturated rings. The van der Waals surface area contributed by atoms with E-state index in [-0.39, 0.29) is 0 Å². The third-order valence-corrected chi connectivity index (χ3v) is 5.01. The lowest BCUT2D eigenvalue weighted by Gasteiger charge is -2.41. The van der Waals surface area contributed by atoms with Crippen molar-refractivity contribution >= 4 is 15.9 Å². The Bertz CT molecular complexity index is 396. The average molecular weight is 312 g/mol. The number of nitrogens with one attached hydrogen (secondary N) is 1. The molecule has 0 atom stereocenters. The first-order chi connectivity index (χ1) is 8.69. The Balaban J connectivity index is 1.89. The lowest BCUT2D eigenvalue weighted by atomic mass is 9.67. The molecule has 100 valence electrons. The highest BCUT2D eigenvalue weighted by molar-refractivity contribution is 9.10. The second-order valence-corrected chi connectivity index (χ2v) is 6.12. The van der Waals surface area contributed by atoms with Gasteiger partial charge in [0, 0.05) is 17.6 Å². The zero-order valence-electron chi connectivity index (χ0n) is 11.3. The summed E-state index contributed by atoms with van der Waals surface area (Å²) in [6.45, 7) is 4.34. The maximum Gasteiger partial charge on any atom is 0.119 e. The van der Waals surface area contributed by atoms with Crippen LogP contribution in [-0.2, 0) is 6.54 Å². The second-order valence-electron chi connectivity index (χ2n) is 5.27. The molecule has 0 unspecified atom stereocenters. The van der Waals surface area contributed by atoms with E-state index in [1.807, 2.05) is 6.07 Å². The predicted octanol–water partition coefficient (Wildman–Crippen LogP) is 4.13. The van der Waals surface area contributed by atoms with Crippen molar-refractivity contribution in [2.45, 2.75) is 39.2 Å². The largest absolute Gasteiger partial charge is 0.497 e. The molecule has 0 amide bonds. The highest BCUT2D eigenvalue weighted by Crippen LogP contribution is 2.43. The number of rotatable bonds is 6. The number of ether oxygens (including phenoxy) is 1. The molecular weight excluding hydrogens is 290 g/mol. The minimum absolute atomic E-state index is 0.575. The first-order valence-electron chi connectivity index (χ1n) is 6.72. The van der Waals surface area contributed by atoms with Gasteiger partial charge in [0.05, 0.1) is 7.11 Å². The van der Waals surface area contributed by atoms with E-state index in [2.05, 4.69) is 40.3 Å². The highest BCUT2D eigenvalue weighted by Gasteiger charge is 2.34. The van der Waals surface area contributed by atoms with Crippen molar-refractivity contribution in [1.82, 2.24) is 5.32 Å². The number of hydrogen-bond acceptors (Lipinski definition) is 2. The fourth-order valence-corrected chi connectivity index (χ4v) is 2.99. The third kappa shape index (κ3) is 3.07. The fourth-order valence-electron chi connectivity index (χ4n) is 2.61. The van der Waals surface area contributed by atoms with Gasteiger partial charge in [-0.05, 0) is 48.4 Å². The van der Waals surface area contributed by atoms with Crippen LogP contribution in [0.2, 0.25) is 0 Å². The molecule has 3 heteroatoms. The van der Waals surface area contributed by atoms with Crippen molar-refractivity contribution < 1.29 is 4.74 Å². The molecule has 2 nitrogen and oxygen atoms in total. The predicted molar refractivity (Wildman–Crippen MR) is 79.0 cm³/mol. The summed E-state index contributed by atoms with van der Waals surface area (Å²) < 4.78 is 6.41. The van der Waals surface area contributed by atoms with Gasteiger partial charge in [0.25, 0.3) is 0 Å². The SMILES string of the molecule is CCC1(CNCc2cc(OC)ccc2Br)CCC1. The topological polar surface area (TPSA) is 21.3 Å². The van der Waals surface area contributed by atoms with Crippen molar-refractivity contribution in [3.05, 3.63) is 28.2 Å². The summed E-state index contributed by atoms with van der Waals surface area (Å²) in [7, 11) is 1.71. The summed E-state index contributed by atoms with van der Waals surface area (Å²) in [5.74, 6) is 0.920. The van der Waals surface area contributed by atoms with Gasteiger partial charge in [-0.2, -0.15) is 0 Å². The zero-order valence-corrected chi connectivity index (χ0v) is 12.8. The maximum atomic E-state index is 5.26. The van der Waals surface area contributed by atoms with E-state index >= 15 is 0 Å². The van der Waals surface area contributed by atoms with Gasteiger partial charge in [-0.1, -0.05) is 29.3 Å². The van der Waals surface area contributed by atoms with Gasteiger partial charge in [0.2, 0.25) is 0 Å². The molecule has 1 aromatic rings. The molecular formula is C15H22BrNO. The van der Waals surface area contributed by atoms with Crippen molar-refractivity contribution in [3.63, 3.8) is 0 Å².